The van der Waals surface area contributed by atoms with Gasteiger partial charge < -0.3 is 10.0 Å². The molecule has 0 bridgehead atoms. The summed E-state index contributed by atoms with van der Waals surface area (Å²) in [5.41, 5.74) is -0.0885. The number of rotatable bonds is 6. The fourth-order valence-corrected chi connectivity index (χ4v) is 3.48. The number of aliphatic hydroxyl groups is 1. The van der Waals surface area contributed by atoms with Crippen LogP contribution in [0.3, 0.4) is 0 Å². The van der Waals surface area contributed by atoms with Gasteiger partial charge in [0.05, 0.1) is 6.10 Å². The predicted octanol–water partition coefficient (Wildman–Crippen LogP) is 2.62. The topological polar surface area (TPSA) is 43.8 Å². The van der Waals surface area contributed by atoms with Crippen molar-refractivity contribution in [2.75, 3.05) is 32.7 Å². The van der Waals surface area contributed by atoms with Crippen molar-refractivity contribution in [1.82, 2.24) is 9.80 Å². The van der Waals surface area contributed by atoms with Crippen molar-refractivity contribution in [3.8, 4) is 0 Å². The van der Waals surface area contributed by atoms with Crippen LogP contribution in [0.1, 0.15) is 38.5 Å². The second-order valence-corrected chi connectivity index (χ2v) is 8.53. The molecule has 4 nitrogen and oxygen atoms in total. The zero-order chi connectivity index (χ0) is 16.9. The Labute approximate surface area is 144 Å². The Bertz CT molecular complexity index is 474. The molecule has 1 N–H and O–H groups in total. The fourth-order valence-electron chi connectivity index (χ4n) is 2.73. The molecule has 0 saturated carbocycles. The van der Waals surface area contributed by atoms with Crippen LogP contribution in [0.2, 0.25) is 0 Å². The standard InChI is InChI=1S/C18H30N2O2S/c1-18(2,3)16(21)14-19-9-11-20(12-10-19)17(22)8-4-6-15-7-5-13-23-15/h5,7,13,16,21H,4,6,8-12,14H2,1-3H3/t16-/m0/s1. The van der Waals surface area contributed by atoms with Crippen molar-refractivity contribution in [1.29, 1.82) is 0 Å². The number of hydrogen-bond donors (Lipinski definition) is 1. The lowest BCUT2D eigenvalue weighted by atomic mass is 9.89. The van der Waals surface area contributed by atoms with Gasteiger partial charge in [-0.15, -0.1) is 11.3 Å². The Hall–Kier alpha value is -0.910. The Kier molecular flexibility index (Phi) is 6.62. The molecule has 0 unspecified atom stereocenters. The molecule has 0 spiro atoms. The Balaban J connectivity index is 1.66. The maximum Gasteiger partial charge on any atom is 0.222 e. The third-order valence-corrected chi connectivity index (χ3v) is 5.49. The summed E-state index contributed by atoms with van der Waals surface area (Å²) >= 11 is 1.76. The van der Waals surface area contributed by atoms with Crippen molar-refractivity contribution >= 4 is 17.2 Å². The molecule has 1 aliphatic rings. The van der Waals surface area contributed by atoms with E-state index in [0.717, 1.165) is 39.0 Å². The lowest BCUT2D eigenvalue weighted by molar-refractivity contribution is -0.133. The van der Waals surface area contributed by atoms with Crippen LogP contribution >= 0.6 is 11.3 Å². The number of piperazine rings is 1. The van der Waals surface area contributed by atoms with Gasteiger partial charge in [0, 0.05) is 44.0 Å². The molecule has 0 aliphatic carbocycles. The lowest BCUT2D eigenvalue weighted by Crippen LogP contribution is -2.51. The van der Waals surface area contributed by atoms with E-state index in [1.807, 2.05) is 4.90 Å². The zero-order valence-corrected chi connectivity index (χ0v) is 15.4. The van der Waals surface area contributed by atoms with E-state index in [-0.39, 0.29) is 17.4 Å². The summed E-state index contributed by atoms with van der Waals surface area (Å²) in [6, 6.07) is 4.20. The van der Waals surface area contributed by atoms with Crippen molar-refractivity contribution in [2.24, 2.45) is 5.41 Å². The third kappa shape index (κ3) is 5.90. The summed E-state index contributed by atoms with van der Waals surface area (Å²) in [5.74, 6) is 0.276. The SMILES string of the molecule is CC(C)(C)[C@@H](O)CN1CCN(C(=O)CCCc2cccs2)CC1. The summed E-state index contributed by atoms with van der Waals surface area (Å²) in [5, 5.41) is 12.3. The van der Waals surface area contributed by atoms with E-state index in [0.29, 0.717) is 13.0 Å². The van der Waals surface area contributed by atoms with Crippen molar-refractivity contribution in [2.45, 2.75) is 46.1 Å². The van der Waals surface area contributed by atoms with Gasteiger partial charge in [-0.1, -0.05) is 26.8 Å². The minimum atomic E-state index is -0.324. The zero-order valence-electron chi connectivity index (χ0n) is 14.6. The average molecular weight is 339 g/mol. The maximum absolute atomic E-state index is 12.3. The summed E-state index contributed by atoms with van der Waals surface area (Å²) < 4.78 is 0. The molecule has 23 heavy (non-hydrogen) atoms. The molecule has 1 saturated heterocycles. The largest absolute Gasteiger partial charge is 0.391 e. The molecule has 0 aromatic carbocycles. The number of carbonyl (C=O) groups is 1. The first-order valence-corrected chi connectivity index (χ1v) is 9.45. The van der Waals surface area contributed by atoms with Gasteiger partial charge in [-0.2, -0.15) is 0 Å². The molecule has 1 aliphatic heterocycles. The van der Waals surface area contributed by atoms with Crippen molar-refractivity contribution in [3.05, 3.63) is 22.4 Å². The Morgan fingerprint density at radius 1 is 1.30 bits per heavy atom. The minimum Gasteiger partial charge on any atom is -0.391 e. The fraction of sp³-hybridized carbons (Fsp3) is 0.722. The third-order valence-electron chi connectivity index (χ3n) is 4.55. The second-order valence-electron chi connectivity index (χ2n) is 7.50. The van der Waals surface area contributed by atoms with E-state index < -0.39 is 0 Å². The number of hydrogen-bond acceptors (Lipinski definition) is 4. The normalized spacial score (nSPS) is 18.2. The molecule has 1 fully saturated rings. The van der Waals surface area contributed by atoms with Crippen LogP contribution in [-0.4, -0.2) is 59.6 Å². The van der Waals surface area contributed by atoms with Crippen LogP contribution in [0, 0.1) is 5.41 Å². The van der Waals surface area contributed by atoms with Crippen LogP contribution < -0.4 is 0 Å². The van der Waals surface area contributed by atoms with Gasteiger partial charge in [0.2, 0.25) is 5.91 Å². The number of thiophene rings is 1. The first-order chi connectivity index (χ1) is 10.9. The van der Waals surface area contributed by atoms with Gasteiger partial charge >= 0.3 is 0 Å². The Morgan fingerprint density at radius 2 is 2.00 bits per heavy atom. The predicted molar refractivity (Wildman–Crippen MR) is 95.7 cm³/mol. The molecule has 5 heteroatoms. The smallest absolute Gasteiger partial charge is 0.222 e. The van der Waals surface area contributed by atoms with Gasteiger partial charge in [0.15, 0.2) is 0 Å². The van der Waals surface area contributed by atoms with Crippen LogP contribution in [0.25, 0.3) is 0 Å². The van der Waals surface area contributed by atoms with Gasteiger partial charge in [-0.05, 0) is 29.7 Å². The van der Waals surface area contributed by atoms with Crippen LogP contribution in [0.15, 0.2) is 17.5 Å². The minimum absolute atomic E-state index is 0.0885. The number of aryl methyl sites for hydroxylation is 1. The molecule has 1 atom stereocenters. The average Bonchev–Trinajstić information content (AvgIpc) is 3.00. The number of nitrogens with zero attached hydrogens (tertiary/aromatic N) is 2. The molecule has 130 valence electrons. The van der Waals surface area contributed by atoms with Crippen LogP contribution in [0.5, 0.6) is 0 Å². The van der Waals surface area contributed by atoms with E-state index >= 15 is 0 Å². The quantitative estimate of drug-likeness (QED) is 0.867. The first-order valence-electron chi connectivity index (χ1n) is 8.57. The highest BCUT2D eigenvalue weighted by Gasteiger charge is 2.27. The lowest BCUT2D eigenvalue weighted by Gasteiger charge is -2.38. The second kappa shape index (κ2) is 8.27. The molecule has 1 aromatic heterocycles. The maximum atomic E-state index is 12.3. The van der Waals surface area contributed by atoms with Crippen molar-refractivity contribution < 1.29 is 9.90 Å². The summed E-state index contributed by atoms with van der Waals surface area (Å²) in [6.45, 7) is 10.2. The molecular weight excluding hydrogens is 308 g/mol. The first kappa shape index (κ1) is 18.4. The highest BCUT2D eigenvalue weighted by Crippen LogP contribution is 2.20. The molecule has 1 amide bonds. The van der Waals surface area contributed by atoms with E-state index in [4.69, 9.17) is 0 Å². The monoisotopic (exact) mass is 338 g/mol. The van der Waals surface area contributed by atoms with E-state index in [2.05, 4.69) is 43.2 Å². The number of carbonyl (C=O) groups excluding carboxylic acids is 1. The summed E-state index contributed by atoms with van der Waals surface area (Å²) in [7, 11) is 0. The van der Waals surface area contributed by atoms with Gasteiger partial charge in [0.1, 0.15) is 0 Å². The molecule has 1 aromatic rings. The Morgan fingerprint density at radius 3 is 2.57 bits per heavy atom. The number of β-amino-alcohol motifs (C(OH)–C–C–N with tert-alkyl or cyclic N) is 1. The summed E-state index contributed by atoms with van der Waals surface area (Å²) in [6.07, 6.45) is 2.25. The van der Waals surface area contributed by atoms with Crippen LogP contribution in [-0.2, 0) is 11.2 Å². The van der Waals surface area contributed by atoms with Crippen molar-refractivity contribution in [3.63, 3.8) is 0 Å². The van der Waals surface area contributed by atoms with E-state index in [1.165, 1.54) is 4.88 Å². The van der Waals surface area contributed by atoms with Gasteiger partial charge in [-0.3, -0.25) is 9.69 Å². The van der Waals surface area contributed by atoms with Crippen LogP contribution in [0.4, 0.5) is 0 Å². The number of amides is 1. The van der Waals surface area contributed by atoms with E-state index in [9.17, 15) is 9.90 Å². The van der Waals surface area contributed by atoms with E-state index in [1.54, 1.807) is 11.3 Å². The highest BCUT2D eigenvalue weighted by molar-refractivity contribution is 7.09. The summed E-state index contributed by atoms with van der Waals surface area (Å²) in [4.78, 5) is 17.9. The highest BCUT2D eigenvalue weighted by atomic mass is 32.1. The number of aliphatic hydroxyl groups excluding tert-OH is 1. The molecular formula is C18H30N2O2S. The molecule has 0 radical (unpaired) electrons. The molecule has 2 heterocycles. The molecule has 2 rings (SSSR count). The van der Waals surface area contributed by atoms with Gasteiger partial charge in [-0.25, -0.2) is 0 Å². The van der Waals surface area contributed by atoms with Gasteiger partial charge in [0.25, 0.3) is 0 Å².